The van der Waals surface area contributed by atoms with Crippen molar-refractivity contribution in [3.63, 3.8) is 0 Å². The summed E-state index contributed by atoms with van der Waals surface area (Å²) in [5, 5.41) is 19.4. The van der Waals surface area contributed by atoms with Crippen molar-refractivity contribution in [3.05, 3.63) is 23.2 Å². The molecule has 0 amide bonds. The predicted octanol–water partition coefficient (Wildman–Crippen LogP) is 2.70. The van der Waals surface area contributed by atoms with Crippen LogP contribution in [0.3, 0.4) is 0 Å². The van der Waals surface area contributed by atoms with Crippen molar-refractivity contribution in [2.45, 2.75) is 6.42 Å². The van der Waals surface area contributed by atoms with E-state index >= 15 is 0 Å². The monoisotopic (exact) mass is 270 g/mol. The number of nitrogens with zero attached hydrogens (tertiary/aromatic N) is 2. The molecule has 6 heteroatoms. The molecule has 0 aliphatic carbocycles. The Morgan fingerprint density at radius 2 is 2.24 bits per heavy atom. The molecule has 0 aliphatic heterocycles. The molecule has 0 fully saturated rings. The lowest BCUT2D eigenvalue weighted by atomic mass is 10.2. The molecular formula is C11H11ClN2O2S. The number of hydrogen-bond acceptors (Lipinski definition) is 5. The number of aryl methyl sites for hydroxylation is 1. The van der Waals surface area contributed by atoms with Gasteiger partial charge in [0.2, 0.25) is 0 Å². The summed E-state index contributed by atoms with van der Waals surface area (Å²) < 4.78 is 4.98. The van der Waals surface area contributed by atoms with Gasteiger partial charge >= 0.3 is 0 Å². The molecule has 1 aromatic heterocycles. The molecule has 2 rings (SSSR count). The minimum absolute atomic E-state index is 0.0964. The van der Waals surface area contributed by atoms with Gasteiger partial charge in [0.15, 0.2) is 11.5 Å². The summed E-state index contributed by atoms with van der Waals surface area (Å²) in [5.41, 5.74) is 0.821. The second kappa shape index (κ2) is 5.33. The molecule has 17 heavy (non-hydrogen) atoms. The van der Waals surface area contributed by atoms with E-state index in [4.69, 9.17) is 16.3 Å². The molecule has 1 heterocycles. The van der Waals surface area contributed by atoms with Crippen molar-refractivity contribution in [3.8, 4) is 22.1 Å². The van der Waals surface area contributed by atoms with E-state index < -0.39 is 0 Å². The minimum Gasteiger partial charge on any atom is -0.504 e. The fourth-order valence-electron chi connectivity index (χ4n) is 1.38. The number of aromatic nitrogens is 2. The van der Waals surface area contributed by atoms with Gasteiger partial charge < -0.3 is 9.84 Å². The average Bonchev–Trinajstić information content (AvgIpc) is 2.78. The van der Waals surface area contributed by atoms with Gasteiger partial charge in [-0.05, 0) is 18.2 Å². The van der Waals surface area contributed by atoms with Gasteiger partial charge in [0.05, 0.1) is 7.11 Å². The number of phenols is 1. The lowest BCUT2D eigenvalue weighted by Crippen LogP contribution is -1.84. The molecule has 0 aliphatic rings. The smallest absolute Gasteiger partial charge is 0.160 e. The van der Waals surface area contributed by atoms with E-state index in [0.29, 0.717) is 18.1 Å². The molecule has 0 bridgehead atoms. The Bertz CT molecular complexity index is 516. The largest absolute Gasteiger partial charge is 0.504 e. The maximum atomic E-state index is 9.67. The fourth-order valence-corrected chi connectivity index (χ4v) is 2.50. The van der Waals surface area contributed by atoms with Crippen LogP contribution in [0.1, 0.15) is 5.01 Å². The van der Waals surface area contributed by atoms with E-state index in [9.17, 15) is 5.11 Å². The topological polar surface area (TPSA) is 55.2 Å². The Kier molecular flexibility index (Phi) is 3.81. The van der Waals surface area contributed by atoms with Crippen LogP contribution in [0.25, 0.3) is 10.6 Å². The third-order valence-electron chi connectivity index (χ3n) is 2.20. The Balaban J connectivity index is 2.29. The Hall–Kier alpha value is -1.33. The van der Waals surface area contributed by atoms with Crippen LogP contribution in [-0.4, -0.2) is 28.3 Å². The summed E-state index contributed by atoms with van der Waals surface area (Å²) in [6.07, 6.45) is 0.710. The fraction of sp³-hybridized carbons (Fsp3) is 0.273. The predicted molar refractivity (Wildman–Crippen MR) is 68.0 cm³/mol. The second-order valence-electron chi connectivity index (χ2n) is 3.33. The SMILES string of the molecule is COc1ccc(-c2nnc(CCCl)s2)cc1O. The molecule has 0 saturated carbocycles. The summed E-state index contributed by atoms with van der Waals surface area (Å²) in [6.45, 7) is 0. The Morgan fingerprint density at radius 3 is 2.88 bits per heavy atom. The third kappa shape index (κ3) is 2.68. The zero-order valence-electron chi connectivity index (χ0n) is 9.18. The zero-order chi connectivity index (χ0) is 12.3. The Labute approximate surface area is 108 Å². The summed E-state index contributed by atoms with van der Waals surface area (Å²) in [4.78, 5) is 0. The van der Waals surface area contributed by atoms with Gasteiger partial charge in [-0.15, -0.1) is 21.8 Å². The zero-order valence-corrected chi connectivity index (χ0v) is 10.8. The van der Waals surface area contributed by atoms with E-state index in [-0.39, 0.29) is 5.75 Å². The molecule has 0 spiro atoms. The number of halogens is 1. The standard InChI is InChI=1S/C11H11ClN2O2S/c1-16-9-3-2-7(6-8(9)15)11-14-13-10(17-11)4-5-12/h2-3,6,15H,4-5H2,1H3. The quantitative estimate of drug-likeness (QED) is 0.868. The molecule has 0 saturated heterocycles. The first-order valence-corrected chi connectivity index (χ1v) is 6.35. The van der Waals surface area contributed by atoms with Crippen molar-refractivity contribution in [2.75, 3.05) is 13.0 Å². The lowest BCUT2D eigenvalue weighted by molar-refractivity contribution is 0.373. The van der Waals surface area contributed by atoms with Crippen LogP contribution in [0.2, 0.25) is 0 Å². The van der Waals surface area contributed by atoms with Crippen LogP contribution in [0.4, 0.5) is 0 Å². The molecule has 0 radical (unpaired) electrons. The van der Waals surface area contributed by atoms with Crippen molar-refractivity contribution in [1.29, 1.82) is 0 Å². The highest BCUT2D eigenvalue weighted by Crippen LogP contribution is 2.32. The van der Waals surface area contributed by atoms with Gasteiger partial charge in [0.1, 0.15) is 10.0 Å². The Morgan fingerprint density at radius 1 is 1.41 bits per heavy atom. The second-order valence-corrected chi connectivity index (χ2v) is 4.77. The van der Waals surface area contributed by atoms with E-state index in [0.717, 1.165) is 15.6 Å². The molecule has 4 nitrogen and oxygen atoms in total. The summed E-state index contributed by atoms with van der Waals surface area (Å²) in [6, 6.07) is 5.15. The van der Waals surface area contributed by atoms with Crippen LogP contribution in [0.5, 0.6) is 11.5 Å². The van der Waals surface area contributed by atoms with Crippen LogP contribution in [0, 0.1) is 0 Å². The molecule has 1 aromatic carbocycles. The van der Waals surface area contributed by atoms with Crippen LogP contribution < -0.4 is 4.74 Å². The van der Waals surface area contributed by atoms with Crippen molar-refractivity contribution >= 4 is 22.9 Å². The number of rotatable bonds is 4. The highest BCUT2D eigenvalue weighted by Gasteiger charge is 2.09. The number of phenolic OH excluding ortho intramolecular Hbond substituents is 1. The third-order valence-corrected chi connectivity index (χ3v) is 3.42. The minimum atomic E-state index is 0.0964. The summed E-state index contributed by atoms with van der Waals surface area (Å²) in [5.74, 6) is 1.07. The molecule has 0 atom stereocenters. The first kappa shape index (κ1) is 12.1. The van der Waals surface area contributed by atoms with Crippen molar-refractivity contribution in [2.24, 2.45) is 0 Å². The lowest BCUT2D eigenvalue weighted by Gasteiger charge is -2.03. The van der Waals surface area contributed by atoms with Gasteiger partial charge in [-0.1, -0.05) is 11.3 Å². The van der Waals surface area contributed by atoms with Gasteiger partial charge in [-0.25, -0.2) is 0 Å². The molecule has 2 aromatic rings. The maximum absolute atomic E-state index is 9.67. The van der Waals surface area contributed by atoms with E-state index in [1.807, 2.05) is 6.07 Å². The number of methoxy groups -OCH3 is 1. The molecular weight excluding hydrogens is 260 g/mol. The molecule has 0 unspecified atom stereocenters. The van der Waals surface area contributed by atoms with Gasteiger partial charge in [-0.2, -0.15) is 0 Å². The summed E-state index contributed by atoms with van der Waals surface area (Å²) in [7, 11) is 1.51. The number of ether oxygens (including phenoxy) is 1. The van der Waals surface area contributed by atoms with E-state index in [1.54, 1.807) is 12.1 Å². The molecule has 90 valence electrons. The average molecular weight is 271 g/mol. The van der Waals surface area contributed by atoms with Crippen LogP contribution in [-0.2, 0) is 6.42 Å². The maximum Gasteiger partial charge on any atom is 0.160 e. The van der Waals surface area contributed by atoms with E-state index in [1.165, 1.54) is 18.4 Å². The van der Waals surface area contributed by atoms with Gasteiger partial charge in [-0.3, -0.25) is 0 Å². The number of benzene rings is 1. The first-order valence-electron chi connectivity index (χ1n) is 5.00. The normalized spacial score (nSPS) is 10.5. The summed E-state index contributed by atoms with van der Waals surface area (Å²) >= 11 is 7.11. The first-order chi connectivity index (χ1) is 8.24. The number of hydrogen-bond donors (Lipinski definition) is 1. The number of alkyl halides is 1. The van der Waals surface area contributed by atoms with Crippen LogP contribution >= 0.6 is 22.9 Å². The van der Waals surface area contributed by atoms with Crippen molar-refractivity contribution in [1.82, 2.24) is 10.2 Å². The van der Waals surface area contributed by atoms with E-state index in [2.05, 4.69) is 10.2 Å². The number of aromatic hydroxyl groups is 1. The molecule has 1 N–H and O–H groups in total. The highest BCUT2D eigenvalue weighted by molar-refractivity contribution is 7.14. The van der Waals surface area contributed by atoms with Gasteiger partial charge in [0, 0.05) is 17.9 Å². The van der Waals surface area contributed by atoms with Crippen molar-refractivity contribution < 1.29 is 9.84 Å². The highest BCUT2D eigenvalue weighted by atomic mass is 35.5. The van der Waals surface area contributed by atoms with Crippen LogP contribution in [0.15, 0.2) is 18.2 Å². The van der Waals surface area contributed by atoms with Gasteiger partial charge in [0.25, 0.3) is 0 Å².